The van der Waals surface area contributed by atoms with Crippen molar-refractivity contribution in [2.24, 2.45) is 5.92 Å². The molecule has 2 aromatic rings. The highest BCUT2D eigenvalue weighted by atomic mass is 19.2. The predicted octanol–water partition coefficient (Wildman–Crippen LogP) is 7.95. The van der Waals surface area contributed by atoms with Gasteiger partial charge in [0.2, 0.25) is 0 Å². The van der Waals surface area contributed by atoms with Gasteiger partial charge in [-0.15, -0.1) is 6.58 Å². The fourth-order valence-corrected chi connectivity index (χ4v) is 4.43. The van der Waals surface area contributed by atoms with Gasteiger partial charge in [-0.05, 0) is 65.5 Å². The topological polar surface area (TPSA) is 9.23 Å². The number of alkyl halides is 2. The van der Waals surface area contributed by atoms with Crippen LogP contribution in [0.4, 0.5) is 13.2 Å². The quantitative estimate of drug-likeness (QED) is 0.416. The Morgan fingerprint density at radius 1 is 1.00 bits per heavy atom. The number of hydrogen-bond acceptors (Lipinski definition) is 1. The van der Waals surface area contributed by atoms with Gasteiger partial charge in [0.25, 0.3) is 0 Å². The second-order valence-corrected chi connectivity index (χ2v) is 8.82. The lowest BCUT2D eigenvalue weighted by Crippen LogP contribution is -2.24. The second-order valence-electron chi connectivity index (χ2n) is 8.82. The number of ether oxygens (including phenoxy) is 1. The van der Waals surface area contributed by atoms with Crippen molar-refractivity contribution in [1.29, 1.82) is 0 Å². The largest absolute Gasteiger partial charge is 0.373 e. The molecule has 0 spiro atoms. The summed E-state index contributed by atoms with van der Waals surface area (Å²) in [4.78, 5) is 0. The average Bonchev–Trinajstić information content (AvgIpc) is 2.81. The first-order valence-electron chi connectivity index (χ1n) is 11.3. The Morgan fingerprint density at radius 3 is 2.41 bits per heavy atom. The normalized spacial score (nSPS) is 25.8. The Hall–Kier alpha value is -2.59. The van der Waals surface area contributed by atoms with E-state index in [9.17, 15) is 13.2 Å². The molecule has 4 heteroatoms. The summed E-state index contributed by atoms with van der Waals surface area (Å²) in [6.45, 7) is 6.49. The van der Waals surface area contributed by atoms with Gasteiger partial charge in [-0.1, -0.05) is 61.5 Å². The van der Waals surface area contributed by atoms with E-state index in [-0.39, 0.29) is 11.9 Å². The second kappa shape index (κ2) is 9.91. The van der Waals surface area contributed by atoms with Gasteiger partial charge in [-0.25, -0.2) is 13.2 Å². The maximum Gasteiger partial charge on any atom is 0.161 e. The fraction of sp³-hybridized carbons (Fsp3) is 0.357. The lowest BCUT2D eigenvalue weighted by Gasteiger charge is -2.27. The number of halogens is 3. The Balaban J connectivity index is 1.52. The van der Waals surface area contributed by atoms with Gasteiger partial charge in [-0.2, -0.15) is 0 Å². The van der Waals surface area contributed by atoms with Crippen LogP contribution in [0.5, 0.6) is 0 Å². The summed E-state index contributed by atoms with van der Waals surface area (Å²) in [5, 5.41) is 0. The summed E-state index contributed by atoms with van der Waals surface area (Å²) < 4.78 is 50.0. The van der Waals surface area contributed by atoms with Crippen molar-refractivity contribution >= 4 is 5.57 Å². The average molecular weight is 439 g/mol. The van der Waals surface area contributed by atoms with Crippen molar-refractivity contribution in [2.45, 2.75) is 51.1 Å². The van der Waals surface area contributed by atoms with E-state index in [0.717, 1.165) is 18.4 Å². The summed E-state index contributed by atoms with van der Waals surface area (Å²) in [7, 11) is 0. The summed E-state index contributed by atoms with van der Waals surface area (Å²) in [5.74, 6) is 0.232. The molecule has 4 rings (SSSR count). The first-order valence-corrected chi connectivity index (χ1v) is 11.3. The maximum absolute atomic E-state index is 14.9. The molecule has 2 aromatic carbocycles. The number of allylic oxidation sites excluding steroid dienone is 5. The summed E-state index contributed by atoms with van der Waals surface area (Å²) in [6.07, 6.45) is 4.65. The van der Waals surface area contributed by atoms with E-state index in [2.05, 4.69) is 13.5 Å². The third kappa shape index (κ3) is 4.75. The van der Waals surface area contributed by atoms with Crippen molar-refractivity contribution in [1.82, 2.24) is 0 Å². The monoisotopic (exact) mass is 438 g/mol. The van der Waals surface area contributed by atoms with Gasteiger partial charge >= 0.3 is 0 Å². The highest BCUT2D eigenvalue weighted by Gasteiger charge is 2.31. The van der Waals surface area contributed by atoms with Crippen LogP contribution in [0.2, 0.25) is 0 Å². The Kier molecular flexibility index (Phi) is 7.00. The molecule has 1 nitrogen and oxygen atoms in total. The molecule has 0 saturated carbocycles. The molecule has 1 aliphatic carbocycles. The molecule has 0 N–H and O–H groups in total. The molecule has 4 unspecified atom stereocenters. The van der Waals surface area contributed by atoms with E-state index in [1.807, 2.05) is 6.07 Å². The first kappa shape index (κ1) is 22.6. The van der Waals surface area contributed by atoms with Crippen molar-refractivity contribution in [3.05, 3.63) is 89.8 Å². The van der Waals surface area contributed by atoms with Gasteiger partial charge < -0.3 is 4.74 Å². The minimum absolute atomic E-state index is 0.0603. The molecule has 0 amide bonds. The summed E-state index contributed by atoms with van der Waals surface area (Å²) in [6, 6.07) is 12.2. The van der Waals surface area contributed by atoms with Crippen LogP contribution >= 0.6 is 0 Å². The third-order valence-corrected chi connectivity index (χ3v) is 6.42. The molecule has 32 heavy (non-hydrogen) atoms. The Morgan fingerprint density at radius 2 is 1.75 bits per heavy atom. The molecule has 1 aliphatic heterocycles. The molecule has 1 heterocycles. The number of benzene rings is 2. The molecule has 168 valence electrons. The molecule has 2 aliphatic rings. The Bertz CT molecular complexity index is 1010. The lowest BCUT2D eigenvalue weighted by atomic mass is 9.87. The zero-order chi connectivity index (χ0) is 22.7. The van der Waals surface area contributed by atoms with Crippen LogP contribution in [-0.2, 0) is 4.74 Å². The molecular formula is C28H29F3O. The highest BCUT2D eigenvalue weighted by molar-refractivity contribution is 5.75. The molecule has 0 bridgehead atoms. The van der Waals surface area contributed by atoms with E-state index >= 15 is 0 Å². The van der Waals surface area contributed by atoms with Crippen molar-refractivity contribution in [3.8, 4) is 11.1 Å². The fourth-order valence-electron chi connectivity index (χ4n) is 4.43. The molecule has 1 saturated heterocycles. The molecule has 0 aromatic heterocycles. The van der Waals surface area contributed by atoms with E-state index in [4.69, 9.17) is 4.74 Å². The van der Waals surface area contributed by atoms with Gasteiger partial charge in [0.15, 0.2) is 12.3 Å². The van der Waals surface area contributed by atoms with Crippen molar-refractivity contribution < 1.29 is 17.9 Å². The zero-order valence-corrected chi connectivity index (χ0v) is 18.4. The molecule has 0 radical (unpaired) electrons. The van der Waals surface area contributed by atoms with Crippen LogP contribution < -0.4 is 0 Å². The summed E-state index contributed by atoms with van der Waals surface area (Å²) >= 11 is 0. The molecular weight excluding hydrogens is 409 g/mol. The minimum atomic E-state index is -1.71. The van der Waals surface area contributed by atoms with E-state index in [1.54, 1.807) is 54.6 Å². The van der Waals surface area contributed by atoms with Crippen LogP contribution in [0.1, 0.15) is 49.8 Å². The summed E-state index contributed by atoms with van der Waals surface area (Å²) in [5.41, 5.74) is 3.40. The maximum atomic E-state index is 14.9. The van der Waals surface area contributed by atoms with Crippen LogP contribution in [0.3, 0.4) is 0 Å². The van der Waals surface area contributed by atoms with Crippen LogP contribution in [0.15, 0.2) is 72.8 Å². The number of hydrogen-bond donors (Lipinski definition) is 0. The van der Waals surface area contributed by atoms with Crippen molar-refractivity contribution in [2.75, 3.05) is 6.61 Å². The van der Waals surface area contributed by atoms with E-state index in [0.29, 0.717) is 53.2 Å². The van der Waals surface area contributed by atoms with E-state index in [1.165, 1.54) is 0 Å². The SMILES string of the molecule is C=CCCC1=CC=C(c2ccc(-c3ccc(C4CCC(C)CO4)cc3F)cc2)C(F)C1F. The smallest absolute Gasteiger partial charge is 0.161 e. The van der Waals surface area contributed by atoms with Gasteiger partial charge in [-0.3, -0.25) is 0 Å². The van der Waals surface area contributed by atoms with Gasteiger partial charge in [0.1, 0.15) is 5.82 Å². The highest BCUT2D eigenvalue weighted by Crippen LogP contribution is 2.36. The third-order valence-electron chi connectivity index (χ3n) is 6.42. The van der Waals surface area contributed by atoms with Crippen molar-refractivity contribution in [3.63, 3.8) is 0 Å². The van der Waals surface area contributed by atoms with E-state index < -0.39 is 12.3 Å². The predicted molar refractivity (Wildman–Crippen MR) is 124 cm³/mol. The van der Waals surface area contributed by atoms with Gasteiger partial charge in [0, 0.05) is 12.2 Å². The minimum Gasteiger partial charge on any atom is -0.373 e. The van der Waals surface area contributed by atoms with Crippen LogP contribution in [0.25, 0.3) is 16.7 Å². The van der Waals surface area contributed by atoms with Crippen LogP contribution in [-0.4, -0.2) is 19.0 Å². The molecule has 1 fully saturated rings. The van der Waals surface area contributed by atoms with Crippen LogP contribution in [0, 0.1) is 11.7 Å². The number of rotatable bonds is 6. The molecule has 4 atom stereocenters. The lowest BCUT2D eigenvalue weighted by molar-refractivity contribution is -0.0125. The Labute approximate surface area is 188 Å². The standard InChI is InChI=1S/C28H29F3O/c1-3-4-5-21-11-14-24(28(31)27(21)30)20-9-7-19(8-10-20)23-13-12-22(16-25(23)29)26-15-6-18(2)17-32-26/h3,7-14,16,18,26-28H,1,4-6,15,17H2,2H3. The first-order chi connectivity index (χ1) is 15.5. The van der Waals surface area contributed by atoms with Gasteiger partial charge in [0.05, 0.1) is 6.10 Å². The zero-order valence-electron chi connectivity index (χ0n) is 18.4.